The van der Waals surface area contributed by atoms with Crippen LogP contribution >= 0.6 is 0 Å². The van der Waals surface area contributed by atoms with Gasteiger partial charge in [-0.3, -0.25) is 4.79 Å². The third-order valence-corrected chi connectivity index (χ3v) is 2.91. The third kappa shape index (κ3) is 4.91. The van der Waals surface area contributed by atoms with E-state index in [1.165, 1.54) is 6.92 Å². The molecule has 0 aromatic carbocycles. The standard InChI is InChI=1S/C11H19BO7/c1-6(14)2-3-8(15)17-5-18-10-9(16)7(4-13)19-11(10)12/h7,9-11,13,16H,2-5,12H2,1H3/t7-,9?,10+,11-/m1/s1. The molecule has 1 aliphatic heterocycles. The van der Waals surface area contributed by atoms with Gasteiger partial charge in [-0.2, -0.15) is 0 Å². The molecule has 1 rings (SSSR count). The van der Waals surface area contributed by atoms with E-state index in [0.29, 0.717) is 0 Å². The number of hydrogen-bond acceptors (Lipinski definition) is 7. The Morgan fingerprint density at radius 1 is 1.37 bits per heavy atom. The van der Waals surface area contributed by atoms with Gasteiger partial charge in [0.05, 0.1) is 19.0 Å². The van der Waals surface area contributed by atoms with E-state index in [1.54, 1.807) is 7.85 Å². The maximum atomic E-state index is 11.2. The molecule has 0 saturated carbocycles. The minimum Gasteiger partial charge on any atom is -0.438 e. The number of Topliss-reactive ketones (excluding diaryl/α,β-unsaturated/α-hetero) is 1. The van der Waals surface area contributed by atoms with Gasteiger partial charge in [0.2, 0.25) is 0 Å². The van der Waals surface area contributed by atoms with Gasteiger partial charge in [0.15, 0.2) is 6.79 Å². The maximum absolute atomic E-state index is 11.2. The number of hydrogen-bond donors (Lipinski definition) is 2. The van der Waals surface area contributed by atoms with Crippen molar-refractivity contribution in [3.8, 4) is 0 Å². The Hall–Kier alpha value is -0.955. The molecule has 8 heteroatoms. The van der Waals surface area contributed by atoms with E-state index in [1.807, 2.05) is 0 Å². The van der Waals surface area contributed by atoms with E-state index < -0.39 is 30.3 Å². The van der Waals surface area contributed by atoms with Crippen molar-refractivity contribution in [3.05, 3.63) is 0 Å². The number of carbonyl (C=O) groups is 2. The third-order valence-electron chi connectivity index (χ3n) is 2.91. The number of ether oxygens (including phenoxy) is 3. The van der Waals surface area contributed by atoms with Gasteiger partial charge in [-0.15, -0.1) is 0 Å². The highest BCUT2D eigenvalue weighted by molar-refractivity contribution is 6.11. The lowest BCUT2D eigenvalue weighted by Gasteiger charge is -2.18. The molecule has 7 nitrogen and oxygen atoms in total. The van der Waals surface area contributed by atoms with Crippen LogP contribution in [-0.2, 0) is 23.8 Å². The molecular formula is C11H19BO7. The molecular weight excluding hydrogens is 255 g/mol. The summed E-state index contributed by atoms with van der Waals surface area (Å²) in [6.45, 7) is 0.779. The highest BCUT2D eigenvalue weighted by atomic mass is 16.7. The van der Waals surface area contributed by atoms with Crippen LogP contribution in [0.4, 0.5) is 0 Å². The molecule has 0 radical (unpaired) electrons. The minimum absolute atomic E-state index is 0.0111. The van der Waals surface area contributed by atoms with E-state index in [-0.39, 0.29) is 32.0 Å². The van der Waals surface area contributed by atoms with Crippen LogP contribution in [0.25, 0.3) is 0 Å². The average molecular weight is 274 g/mol. The molecule has 0 bridgehead atoms. The zero-order valence-corrected chi connectivity index (χ0v) is 11.1. The number of aliphatic hydroxyl groups is 2. The Morgan fingerprint density at radius 2 is 2.05 bits per heavy atom. The van der Waals surface area contributed by atoms with E-state index in [2.05, 4.69) is 0 Å². The second-order valence-corrected chi connectivity index (χ2v) is 4.52. The Kier molecular flexibility index (Phi) is 6.43. The summed E-state index contributed by atoms with van der Waals surface area (Å²) < 4.78 is 15.3. The molecule has 0 aromatic heterocycles. The molecule has 1 fully saturated rings. The lowest BCUT2D eigenvalue weighted by atomic mass is 9.93. The second-order valence-electron chi connectivity index (χ2n) is 4.52. The van der Waals surface area contributed by atoms with Gasteiger partial charge in [-0.25, -0.2) is 0 Å². The smallest absolute Gasteiger partial charge is 0.308 e. The van der Waals surface area contributed by atoms with Crippen LogP contribution in [-0.4, -0.2) is 67.5 Å². The van der Waals surface area contributed by atoms with Crippen LogP contribution in [0.3, 0.4) is 0 Å². The van der Waals surface area contributed by atoms with E-state index in [9.17, 15) is 14.7 Å². The molecule has 4 atom stereocenters. The molecule has 2 N–H and O–H groups in total. The summed E-state index contributed by atoms with van der Waals surface area (Å²) in [5.74, 6) is -0.619. The first-order valence-corrected chi connectivity index (χ1v) is 6.16. The lowest BCUT2D eigenvalue weighted by Crippen LogP contribution is -2.37. The van der Waals surface area contributed by atoms with Gasteiger partial charge < -0.3 is 29.2 Å². The number of rotatable bonds is 7. The van der Waals surface area contributed by atoms with Crippen LogP contribution in [0.5, 0.6) is 0 Å². The molecule has 0 spiro atoms. The number of ketones is 1. The lowest BCUT2D eigenvalue weighted by molar-refractivity contribution is -0.166. The zero-order valence-electron chi connectivity index (χ0n) is 11.1. The minimum atomic E-state index is -0.962. The molecule has 1 unspecified atom stereocenters. The predicted molar refractivity (Wildman–Crippen MR) is 66.0 cm³/mol. The number of aliphatic hydroxyl groups excluding tert-OH is 2. The first-order valence-electron chi connectivity index (χ1n) is 6.16. The fourth-order valence-electron chi connectivity index (χ4n) is 1.84. The van der Waals surface area contributed by atoms with Crippen molar-refractivity contribution in [2.75, 3.05) is 13.4 Å². The summed E-state index contributed by atoms with van der Waals surface area (Å²) in [6, 6.07) is -0.400. The van der Waals surface area contributed by atoms with Gasteiger partial charge in [-0.1, -0.05) is 0 Å². The first kappa shape index (κ1) is 16.1. The summed E-state index contributed by atoms with van der Waals surface area (Å²) in [7, 11) is 1.70. The topological polar surface area (TPSA) is 102 Å². The van der Waals surface area contributed by atoms with Crippen molar-refractivity contribution in [1.82, 2.24) is 0 Å². The molecule has 19 heavy (non-hydrogen) atoms. The van der Waals surface area contributed by atoms with Crippen molar-refractivity contribution in [2.45, 2.75) is 44.1 Å². The van der Waals surface area contributed by atoms with Crippen LogP contribution in [0, 0.1) is 0 Å². The molecule has 1 aliphatic rings. The van der Waals surface area contributed by atoms with Crippen LogP contribution in [0.2, 0.25) is 0 Å². The van der Waals surface area contributed by atoms with Crippen molar-refractivity contribution in [1.29, 1.82) is 0 Å². The maximum Gasteiger partial charge on any atom is 0.308 e. The Bertz CT molecular complexity index is 322. The fraction of sp³-hybridized carbons (Fsp3) is 0.818. The average Bonchev–Trinajstić information content (AvgIpc) is 2.63. The molecule has 0 aliphatic carbocycles. The van der Waals surface area contributed by atoms with Crippen LogP contribution < -0.4 is 0 Å². The Labute approximate surface area is 112 Å². The van der Waals surface area contributed by atoms with Crippen LogP contribution in [0.1, 0.15) is 19.8 Å². The highest BCUT2D eigenvalue weighted by Crippen LogP contribution is 2.21. The molecule has 1 heterocycles. The monoisotopic (exact) mass is 274 g/mol. The summed E-state index contributed by atoms with van der Waals surface area (Å²) in [5.41, 5.74) is 0. The second kappa shape index (κ2) is 7.59. The van der Waals surface area contributed by atoms with Gasteiger partial charge in [0.25, 0.3) is 0 Å². The van der Waals surface area contributed by atoms with Gasteiger partial charge in [0, 0.05) is 6.42 Å². The Balaban J connectivity index is 2.25. The summed E-state index contributed by atoms with van der Waals surface area (Å²) >= 11 is 0. The SMILES string of the molecule is B[C@@H]1O[C@H](CO)C(O)[C@@H]1OCOC(=O)CCC(C)=O. The predicted octanol–water partition coefficient (Wildman–Crippen LogP) is -2.05. The Morgan fingerprint density at radius 3 is 2.58 bits per heavy atom. The van der Waals surface area contributed by atoms with E-state index in [0.717, 1.165) is 0 Å². The van der Waals surface area contributed by atoms with Gasteiger partial charge >= 0.3 is 5.97 Å². The molecule has 0 amide bonds. The van der Waals surface area contributed by atoms with Crippen molar-refractivity contribution < 1.29 is 34.0 Å². The zero-order chi connectivity index (χ0) is 14.4. The summed E-state index contributed by atoms with van der Waals surface area (Å²) in [4.78, 5) is 21.9. The summed E-state index contributed by atoms with van der Waals surface area (Å²) in [5, 5.41) is 18.7. The molecule has 108 valence electrons. The largest absolute Gasteiger partial charge is 0.438 e. The molecule has 1 saturated heterocycles. The highest BCUT2D eigenvalue weighted by Gasteiger charge is 2.41. The van der Waals surface area contributed by atoms with Crippen molar-refractivity contribution in [2.24, 2.45) is 0 Å². The number of carbonyl (C=O) groups excluding carboxylic acids is 2. The summed E-state index contributed by atoms with van der Waals surface area (Å²) in [6.07, 6.45) is -2.16. The van der Waals surface area contributed by atoms with Crippen molar-refractivity contribution >= 4 is 19.6 Å². The van der Waals surface area contributed by atoms with Gasteiger partial charge in [0.1, 0.15) is 31.9 Å². The van der Waals surface area contributed by atoms with E-state index in [4.69, 9.17) is 19.3 Å². The van der Waals surface area contributed by atoms with Gasteiger partial charge in [-0.05, 0) is 6.92 Å². The van der Waals surface area contributed by atoms with Crippen molar-refractivity contribution in [3.63, 3.8) is 0 Å². The van der Waals surface area contributed by atoms with Crippen LogP contribution in [0.15, 0.2) is 0 Å². The fourth-order valence-corrected chi connectivity index (χ4v) is 1.84. The normalized spacial score (nSPS) is 30.3. The quantitative estimate of drug-likeness (QED) is 0.313. The first-order chi connectivity index (χ1) is 8.95. The van der Waals surface area contributed by atoms with E-state index >= 15 is 0 Å². The number of esters is 1. The molecule has 0 aromatic rings.